The topological polar surface area (TPSA) is 82.6 Å². The first-order valence-electron chi connectivity index (χ1n) is 10.5. The molecule has 0 fully saturated rings. The molecule has 0 saturated carbocycles. The van der Waals surface area contributed by atoms with Gasteiger partial charge in [0.25, 0.3) is 5.91 Å². The second-order valence-electron chi connectivity index (χ2n) is 7.55. The van der Waals surface area contributed by atoms with Gasteiger partial charge in [-0.1, -0.05) is 12.1 Å². The first-order chi connectivity index (χ1) is 16.9. The molecule has 11 heteroatoms. The summed E-state index contributed by atoms with van der Waals surface area (Å²) in [6.07, 6.45) is 5.21. The number of nitrogens with one attached hydrogen (secondary N) is 1. The van der Waals surface area contributed by atoms with Gasteiger partial charge in [-0.05, 0) is 42.5 Å². The molecular weight excluding hydrogens is 459 g/mol. The highest BCUT2D eigenvalue weighted by atomic mass is 19.4. The predicted octanol–water partition coefficient (Wildman–Crippen LogP) is 4.19. The van der Waals surface area contributed by atoms with Gasteiger partial charge in [-0.15, -0.1) is 0 Å². The zero-order chi connectivity index (χ0) is 24.4. The maximum absolute atomic E-state index is 13.3. The number of nitrogens with zero attached hydrogens (tertiary/aromatic N) is 6. The molecule has 35 heavy (non-hydrogen) atoms. The molecular formula is C24H18F3N7O. The van der Waals surface area contributed by atoms with Gasteiger partial charge in [0.15, 0.2) is 11.6 Å². The number of aromatic nitrogens is 6. The molecule has 1 aromatic carbocycles. The predicted molar refractivity (Wildman–Crippen MR) is 120 cm³/mol. The van der Waals surface area contributed by atoms with Gasteiger partial charge in [0.1, 0.15) is 5.56 Å². The molecule has 1 N–H and O–H groups in total. The van der Waals surface area contributed by atoms with Gasteiger partial charge in [0.05, 0.1) is 17.4 Å². The van der Waals surface area contributed by atoms with E-state index in [-0.39, 0.29) is 17.8 Å². The molecule has 5 aromatic rings. The van der Waals surface area contributed by atoms with Gasteiger partial charge >= 0.3 is 6.18 Å². The average Bonchev–Trinajstić information content (AvgIpc) is 3.63. The summed E-state index contributed by atoms with van der Waals surface area (Å²) in [5.41, 5.74) is 0.300. The van der Waals surface area contributed by atoms with Crippen LogP contribution < -0.4 is 5.32 Å². The number of pyridine rings is 1. The normalized spacial score (nSPS) is 11.5. The molecule has 8 nitrogen and oxygen atoms in total. The number of amides is 1. The molecule has 0 aliphatic carbocycles. The van der Waals surface area contributed by atoms with E-state index in [2.05, 4.69) is 20.5 Å². The Kier molecular flexibility index (Phi) is 5.65. The van der Waals surface area contributed by atoms with E-state index >= 15 is 0 Å². The highest BCUT2D eigenvalue weighted by molar-refractivity contribution is 5.97. The molecule has 176 valence electrons. The van der Waals surface area contributed by atoms with E-state index in [9.17, 15) is 18.0 Å². The van der Waals surface area contributed by atoms with Gasteiger partial charge in [-0.3, -0.25) is 4.79 Å². The number of benzene rings is 1. The Morgan fingerprint density at radius 3 is 2.51 bits per heavy atom. The van der Waals surface area contributed by atoms with Crippen LogP contribution in [0.25, 0.3) is 17.3 Å². The van der Waals surface area contributed by atoms with E-state index in [1.165, 1.54) is 23.0 Å². The summed E-state index contributed by atoms with van der Waals surface area (Å²) in [4.78, 5) is 17.5. The van der Waals surface area contributed by atoms with Crippen LogP contribution in [0, 0.1) is 0 Å². The molecule has 4 heterocycles. The van der Waals surface area contributed by atoms with Gasteiger partial charge < -0.3 is 9.88 Å². The van der Waals surface area contributed by atoms with Gasteiger partial charge in [-0.25, -0.2) is 14.3 Å². The summed E-state index contributed by atoms with van der Waals surface area (Å²) in [5.74, 6) is 0.440. The lowest BCUT2D eigenvalue weighted by Crippen LogP contribution is -2.25. The minimum atomic E-state index is -4.51. The van der Waals surface area contributed by atoms with Gasteiger partial charge in [-0.2, -0.15) is 23.4 Å². The maximum atomic E-state index is 13.3. The van der Waals surface area contributed by atoms with Crippen LogP contribution in [0.5, 0.6) is 0 Å². The number of carbonyl (C=O) groups is 1. The van der Waals surface area contributed by atoms with Crippen molar-refractivity contribution in [2.24, 2.45) is 0 Å². The standard InChI is InChI=1S/C24H18F3N7O/c25-24(26,27)18-7-3-8-19(14-18)34-23(32-11-1-2-12-32)20(16-31-34)22(35)29-15-17-6-4-9-28-21(17)33-13-5-10-30-33/h1-14,16H,15H2,(H,29,35). The van der Waals surface area contributed by atoms with Gasteiger partial charge in [0.2, 0.25) is 0 Å². The van der Waals surface area contributed by atoms with E-state index in [0.29, 0.717) is 11.6 Å². The van der Waals surface area contributed by atoms with Crippen molar-refractivity contribution in [3.8, 4) is 17.3 Å². The quantitative estimate of drug-likeness (QED) is 0.398. The molecule has 0 aliphatic rings. The smallest absolute Gasteiger partial charge is 0.348 e. The second kappa shape index (κ2) is 8.93. The first kappa shape index (κ1) is 22.1. The third-order valence-electron chi connectivity index (χ3n) is 5.28. The van der Waals surface area contributed by atoms with Crippen molar-refractivity contribution in [3.05, 3.63) is 108 Å². The number of carbonyl (C=O) groups excluding carboxylic acids is 1. The average molecular weight is 477 g/mol. The fourth-order valence-corrected chi connectivity index (χ4v) is 3.67. The fourth-order valence-electron chi connectivity index (χ4n) is 3.67. The molecule has 4 aromatic heterocycles. The van der Waals surface area contributed by atoms with Crippen molar-refractivity contribution in [2.45, 2.75) is 12.7 Å². The lowest BCUT2D eigenvalue weighted by atomic mass is 10.2. The molecule has 0 saturated heterocycles. The van der Waals surface area contributed by atoms with Crippen molar-refractivity contribution in [2.75, 3.05) is 0 Å². The summed E-state index contributed by atoms with van der Waals surface area (Å²) in [7, 11) is 0. The Labute approximate surface area is 197 Å². The first-order valence-corrected chi connectivity index (χ1v) is 10.5. The summed E-state index contributed by atoms with van der Waals surface area (Å²) in [6, 6.07) is 13.6. The van der Waals surface area contributed by atoms with Crippen molar-refractivity contribution in [3.63, 3.8) is 0 Å². The summed E-state index contributed by atoms with van der Waals surface area (Å²) < 4.78 is 44.4. The van der Waals surface area contributed by atoms with Crippen molar-refractivity contribution < 1.29 is 18.0 Å². The minimum Gasteiger partial charge on any atom is -0.348 e. The zero-order valence-electron chi connectivity index (χ0n) is 18.1. The highest BCUT2D eigenvalue weighted by Gasteiger charge is 2.31. The molecule has 0 aliphatic heterocycles. The summed E-state index contributed by atoms with van der Waals surface area (Å²) >= 11 is 0. The van der Waals surface area contributed by atoms with Crippen LogP contribution in [0.4, 0.5) is 13.2 Å². The maximum Gasteiger partial charge on any atom is 0.416 e. The van der Waals surface area contributed by atoms with E-state index in [1.54, 1.807) is 64.5 Å². The largest absolute Gasteiger partial charge is 0.416 e. The molecule has 0 bridgehead atoms. The van der Waals surface area contributed by atoms with E-state index in [4.69, 9.17) is 0 Å². The van der Waals surface area contributed by atoms with Crippen LogP contribution in [0.15, 0.2) is 91.8 Å². The molecule has 5 rings (SSSR count). The Morgan fingerprint density at radius 1 is 0.943 bits per heavy atom. The fraction of sp³-hybridized carbons (Fsp3) is 0.0833. The van der Waals surface area contributed by atoms with Crippen molar-refractivity contribution in [1.29, 1.82) is 0 Å². The second-order valence-corrected chi connectivity index (χ2v) is 7.55. The van der Waals surface area contributed by atoms with Gasteiger partial charge in [0, 0.05) is 43.1 Å². The third-order valence-corrected chi connectivity index (χ3v) is 5.28. The Hall–Kier alpha value is -4.67. The van der Waals surface area contributed by atoms with E-state index in [0.717, 1.165) is 17.7 Å². The van der Waals surface area contributed by atoms with Crippen LogP contribution in [0.1, 0.15) is 21.5 Å². The number of rotatable bonds is 6. The minimum absolute atomic E-state index is 0.154. The SMILES string of the molecule is O=C(NCc1cccnc1-n1cccn1)c1cnn(-c2cccc(C(F)(F)F)c2)c1-n1cccc1. The molecule has 0 unspecified atom stereocenters. The van der Waals surface area contributed by atoms with E-state index < -0.39 is 17.6 Å². The Balaban J connectivity index is 1.48. The molecule has 1 amide bonds. The third kappa shape index (κ3) is 4.43. The highest BCUT2D eigenvalue weighted by Crippen LogP contribution is 2.31. The zero-order valence-corrected chi connectivity index (χ0v) is 18.1. The number of hydrogen-bond acceptors (Lipinski definition) is 4. The Bertz CT molecular complexity index is 1450. The number of hydrogen-bond donors (Lipinski definition) is 1. The Morgan fingerprint density at radius 2 is 1.77 bits per heavy atom. The monoisotopic (exact) mass is 477 g/mol. The van der Waals surface area contributed by atoms with Crippen molar-refractivity contribution in [1.82, 2.24) is 34.4 Å². The van der Waals surface area contributed by atoms with Crippen LogP contribution in [0.2, 0.25) is 0 Å². The van der Waals surface area contributed by atoms with Crippen LogP contribution in [0.3, 0.4) is 0 Å². The lowest BCUT2D eigenvalue weighted by molar-refractivity contribution is -0.137. The molecule has 0 radical (unpaired) electrons. The summed E-state index contributed by atoms with van der Waals surface area (Å²) in [5, 5.41) is 11.3. The number of alkyl halides is 3. The summed E-state index contributed by atoms with van der Waals surface area (Å²) in [6.45, 7) is 0.154. The van der Waals surface area contributed by atoms with Crippen LogP contribution >= 0.6 is 0 Å². The van der Waals surface area contributed by atoms with Crippen LogP contribution in [-0.4, -0.2) is 35.0 Å². The molecule has 0 atom stereocenters. The molecule has 0 spiro atoms. The van der Waals surface area contributed by atoms with E-state index in [1.807, 2.05) is 6.07 Å². The number of halogens is 3. The van der Waals surface area contributed by atoms with Crippen molar-refractivity contribution >= 4 is 5.91 Å². The van der Waals surface area contributed by atoms with Crippen LogP contribution in [-0.2, 0) is 12.7 Å². The lowest BCUT2D eigenvalue weighted by Gasteiger charge is -2.13.